The van der Waals surface area contributed by atoms with E-state index in [-0.39, 0.29) is 18.0 Å². The van der Waals surface area contributed by atoms with Crippen molar-refractivity contribution in [2.45, 2.75) is 6.92 Å². The van der Waals surface area contributed by atoms with Gasteiger partial charge >= 0.3 is 5.97 Å². The lowest BCUT2D eigenvalue weighted by Gasteiger charge is -2.03. The van der Waals surface area contributed by atoms with Crippen LogP contribution < -0.4 is 5.73 Å². The highest BCUT2D eigenvalue weighted by Crippen LogP contribution is 2.23. The van der Waals surface area contributed by atoms with E-state index in [4.69, 9.17) is 22.1 Å². The van der Waals surface area contributed by atoms with Gasteiger partial charge in [-0.05, 0) is 24.6 Å². The molecule has 0 saturated carbocycles. The largest absolute Gasteiger partial charge is 0.462 e. The number of aromatic nitrogens is 3. The van der Waals surface area contributed by atoms with Gasteiger partial charge in [0.2, 0.25) is 0 Å². The molecule has 22 heavy (non-hydrogen) atoms. The Bertz CT molecular complexity index is 843. The molecule has 2 heterocycles. The number of esters is 1. The fraction of sp³-hybridized carbons (Fsp3) is 0.133. The topological polar surface area (TPSA) is 82.5 Å². The van der Waals surface area contributed by atoms with E-state index in [9.17, 15) is 4.79 Å². The summed E-state index contributed by atoms with van der Waals surface area (Å²) in [6, 6.07) is 7.35. The molecule has 0 unspecified atom stereocenters. The second-order valence-corrected chi connectivity index (χ2v) is 5.03. The van der Waals surface area contributed by atoms with E-state index in [2.05, 4.69) is 10.1 Å². The van der Waals surface area contributed by atoms with E-state index in [1.54, 1.807) is 31.5 Å². The van der Waals surface area contributed by atoms with Crippen molar-refractivity contribution in [1.29, 1.82) is 0 Å². The predicted molar refractivity (Wildman–Crippen MR) is 83.8 cm³/mol. The number of hydrogen-bond acceptors (Lipinski definition) is 5. The lowest BCUT2D eigenvalue weighted by atomic mass is 10.1. The molecule has 0 amide bonds. The van der Waals surface area contributed by atoms with Gasteiger partial charge < -0.3 is 10.5 Å². The van der Waals surface area contributed by atoms with Crippen LogP contribution in [0.2, 0.25) is 5.02 Å². The van der Waals surface area contributed by atoms with Gasteiger partial charge in [-0.2, -0.15) is 0 Å². The average Bonchev–Trinajstić information content (AvgIpc) is 2.83. The summed E-state index contributed by atoms with van der Waals surface area (Å²) in [5, 5.41) is 4.78. The maximum Gasteiger partial charge on any atom is 0.345 e. The minimum atomic E-state index is -0.526. The van der Waals surface area contributed by atoms with Gasteiger partial charge in [0.25, 0.3) is 0 Å². The van der Waals surface area contributed by atoms with Crippen LogP contribution in [0.25, 0.3) is 16.8 Å². The summed E-state index contributed by atoms with van der Waals surface area (Å²) >= 11 is 5.88. The summed E-state index contributed by atoms with van der Waals surface area (Å²) in [6.07, 6.45) is 3.41. The third-order valence-electron chi connectivity index (χ3n) is 3.16. The van der Waals surface area contributed by atoms with E-state index in [0.717, 1.165) is 11.1 Å². The van der Waals surface area contributed by atoms with E-state index in [1.165, 1.54) is 4.52 Å². The van der Waals surface area contributed by atoms with Crippen molar-refractivity contribution in [3.8, 4) is 11.1 Å². The second kappa shape index (κ2) is 5.65. The van der Waals surface area contributed by atoms with Gasteiger partial charge in [-0.15, -0.1) is 5.10 Å². The Hall–Kier alpha value is -2.60. The highest BCUT2D eigenvalue weighted by molar-refractivity contribution is 6.30. The molecule has 0 fully saturated rings. The normalized spacial score (nSPS) is 10.8. The number of halogens is 1. The molecule has 7 heteroatoms. The second-order valence-electron chi connectivity index (χ2n) is 4.60. The van der Waals surface area contributed by atoms with Gasteiger partial charge in [0.1, 0.15) is 5.56 Å². The number of anilines is 1. The Morgan fingerprint density at radius 3 is 2.73 bits per heavy atom. The van der Waals surface area contributed by atoms with Crippen LogP contribution in [-0.2, 0) is 4.74 Å². The minimum absolute atomic E-state index is 0.0965. The molecule has 0 aliphatic carbocycles. The Balaban J connectivity index is 2.08. The summed E-state index contributed by atoms with van der Waals surface area (Å²) < 4.78 is 6.45. The average molecular weight is 317 g/mol. The van der Waals surface area contributed by atoms with Gasteiger partial charge in [-0.25, -0.2) is 14.3 Å². The van der Waals surface area contributed by atoms with Crippen molar-refractivity contribution < 1.29 is 9.53 Å². The monoisotopic (exact) mass is 316 g/mol. The highest BCUT2D eigenvalue weighted by atomic mass is 35.5. The summed E-state index contributed by atoms with van der Waals surface area (Å²) in [4.78, 5) is 16.2. The molecule has 0 aliphatic heterocycles. The van der Waals surface area contributed by atoms with Crippen molar-refractivity contribution in [3.05, 3.63) is 47.2 Å². The lowest BCUT2D eigenvalue weighted by molar-refractivity contribution is 0.0529. The zero-order valence-electron chi connectivity index (χ0n) is 11.8. The zero-order valence-corrected chi connectivity index (χ0v) is 12.5. The van der Waals surface area contributed by atoms with E-state index < -0.39 is 5.97 Å². The van der Waals surface area contributed by atoms with Crippen molar-refractivity contribution in [1.82, 2.24) is 14.6 Å². The molecular weight excluding hydrogens is 304 g/mol. The highest BCUT2D eigenvalue weighted by Gasteiger charge is 2.20. The number of benzene rings is 1. The molecule has 0 radical (unpaired) electrons. The molecule has 112 valence electrons. The fourth-order valence-electron chi connectivity index (χ4n) is 2.14. The number of carbonyl (C=O) groups is 1. The van der Waals surface area contributed by atoms with Crippen LogP contribution in [0.1, 0.15) is 17.3 Å². The van der Waals surface area contributed by atoms with Gasteiger partial charge in [-0.1, -0.05) is 23.7 Å². The number of hydrogen-bond donors (Lipinski definition) is 1. The Kier molecular flexibility index (Phi) is 3.68. The van der Waals surface area contributed by atoms with Gasteiger partial charge in [0.05, 0.1) is 6.61 Å². The van der Waals surface area contributed by atoms with Crippen LogP contribution in [0.3, 0.4) is 0 Å². The van der Waals surface area contributed by atoms with Crippen molar-refractivity contribution in [3.63, 3.8) is 0 Å². The first kappa shape index (κ1) is 14.3. The number of rotatable bonds is 3. The maximum atomic E-state index is 11.9. The molecule has 0 bridgehead atoms. The molecule has 6 nitrogen and oxygen atoms in total. The summed E-state index contributed by atoms with van der Waals surface area (Å²) in [7, 11) is 0. The van der Waals surface area contributed by atoms with Crippen molar-refractivity contribution in [2.24, 2.45) is 0 Å². The van der Waals surface area contributed by atoms with Crippen molar-refractivity contribution >= 4 is 29.0 Å². The quantitative estimate of drug-likeness (QED) is 0.751. The summed E-state index contributed by atoms with van der Waals surface area (Å²) in [5.41, 5.74) is 8.13. The fourth-order valence-corrected chi connectivity index (χ4v) is 2.27. The van der Waals surface area contributed by atoms with Crippen LogP contribution in [0.5, 0.6) is 0 Å². The number of ether oxygens (including phenoxy) is 1. The zero-order chi connectivity index (χ0) is 15.7. The third-order valence-corrected chi connectivity index (χ3v) is 3.41. The Morgan fingerprint density at radius 2 is 2.05 bits per heavy atom. The molecule has 3 aromatic rings. The molecule has 0 spiro atoms. The molecule has 0 aliphatic rings. The first-order chi connectivity index (χ1) is 10.6. The maximum absolute atomic E-state index is 11.9. The molecule has 0 saturated heterocycles. The first-order valence-electron chi connectivity index (χ1n) is 6.67. The predicted octanol–water partition coefficient (Wildman–Crippen LogP) is 2.81. The molecule has 3 rings (SSSR count). The van der Waals surface area contributed by atoms with Crippen molar-refractivity contribution in [2.75, 3.05) is 12.3 Å². The standard InChI is InChI=1S/C15H13ClN4O2/c1-2-22-15(21)12-13(17)19-20-8-10(7-18-14(12)20)9-3-5-11(16)6-4-9/h3-8H,2H2,1H3,(H2,17,19). The third kappa shape index (κ3) is 2.48. The molecule has 1 aromatic carbocycles. The van der Waals surface area contributed by atoms with E-state index in [1.807, 2.05) is 12.1 Å². The number of nitrogens with two attached hydrogens (primary N) is 1. The molecular formula is C15H13ClN4O2. The number of nitrogens with zero attached hydrogens (tertiary/aromatic N) is 3. The van der Waals surface area contributed by atoms with Gasteiger partial charge in [-0.3, -0.25) is 0 Å². The van der Waals surface area contributed by atoms with E-state index in [0.29, 0.717) is 10.7 Å². The Morgan fingerprint density at radius 1 is 1.32 bits per heavy atom. The summed E-state index contributed by atoms with van der Waals surface area (Å²) in [6.45, 7) is 1.99. The van der Waals surface area contributed by atoms with Crippen LogP contribution in [0, 0.1) is 0 Å². The van der Waals surface area contributed by atoms with Crippen LogP contribution in [-0.4, -0.2) is 27.2 Å². The number of carbonyl (C=O) groups excluding carboxylic acids is 1. The first-order valence-corrected chi connectivity index (χ1v) is 7.05. The van der Waals surface area contributed by atoms with Crippen LogP contribution >= 0.6 is 11.6 Å². The van der Waals surface area contributed by atoms with E-state index >= 15 is 0 Å². The minimum Gasteiger partial charge on any atom is -0.462 e. The molecule has 2 aromatic heterocycles. The van der Waals surface area contributed by atoms with Gasteiger partial charge in [0, 0.05) is 23.0 Å². The van der Waals surface area contributed by atoms with Crippen LogP contribution in [0.15, 0.2) is 36.7 Å². The number of fused-ring (bicyclic) bond motifs is 1. The molecule has 2 N–H and O–H groups in total. The smallest absolute Gasteiger partial charge is 0.345 e. The van der Waals surface area contributed by atoms with Crippen LogP contribution in [0.4, 0.5) is 5.82 Å². The van der Waals surface area contributed by atoms with Gasteiger partial charge in [0.15, 0.2) is 11.5 Å². The number of nitrogen functional groups attached to an aromatic ring is 1. The molecule has 0 atom stereocenters. The lowest BCUT2D eigenvalue weighted by Crippen LogP contribution is -2.07. The summed E-state index contributed by atoms with van der Waals surface area (Å²) in [5.74, 6) is -0.430. The Labute approximate surface area is 131 Å². The SMILES string of the molecule is CCOC(=O)c1c(N)nn2cc(-c3ccc(Cl)cc3)cnc12.